The molecule has 1 aliphatic heterocycles. The van der Waals surface area contributed by atoms with Crippen molar-refractivity contribution in [2.24, 2.45) is 5.92 Å². The fraction of sp³-hybridized carbons (Fsp3) is 0.450. The molecule has 1 amide bonds. The van der Waals surface area contributed by atoms with Crippen LogP contribution in [0.3, 0.4) is 0 Å². The van der Waals surface area contributed by atoms with E-state index < -0.39 is 11.6 Å². The van der Waals surface area contributed by atoms with Crippen molar-refractivity contribution in [3.63, 3.8) is 0 Å². The van der Waals surface area contributed by atoms with Gasteiger partial charge in [0, 0.05) is 18.7 Å². The maximum absolute atomic E-state index is 13.8. The van der Waals surface area contributed by atoms with Crippen LogP contribution in [0.4, 0.5) is 8.78 Å². The summed E-state index contributed by atoms with van der Waals surface area (Å²) in [6, 6.07) is 5.85. The number of benzene rings is 1. The predicted molar refractivity (Wildman–Crippen MR) is 92.7 cm³/mol. The fourth-order valence-corrected chi connectivity index (χ4v) is 3.95. The Morgan fingerprint density at radius 3 is 2.58 bits per heavy atom. The maximum Gasteiger partial charge on any atom is 0.274 e. The third kappa shape index (κ3) is 3.32. The van der Waals surface area contributed by atoms with Crippen molar-refractivity contribution in [2.45, 2.75) is 38.5 Å². The van der Waals surface area contributed by atoms with E-state index in [1.807, 2.05) is 6.07 Å². The number of rotatable bonds is 3. The topological polar surface area (TPSA) is 46.1 Å². The Bertz CT molecular complexity index is 812. The number of hydrogen-bond donors (Lipinski definition) is 0. The lowest BCUT2D eigenvalue weighted by atomic mass is 9.89. The summed E-state index contributed by atoms with van der Waals surface area (Å²) in [5.74, 6) is -0.895. The van der Waals surface area contributed by atoms with Gasteiger partial charge >= 0.3 is 0 Å². The molecule has 2 heterocycles. The molecule has 1 aromatic heterocycles. The van der Waals surface area contributed by atoms with Gasteiger partial charge in [-0.1, -0.05) is 6.07 Å². The Kier molecular flexibility index (Phi) is 4.66. The van der Waals surface area contributed by atoms with Crippen molar-refractivity contribution >= 4 is 5.91 Å². The quantitative estimate of drug-likeness (QED) is 0.846. The zero-order valence-corrected chi connectivity index (χ0v) is 14.5. The van der Waals surface area contributed by atoms with E-state index in [-0.39, 0.29) is 17.4 Å². The molecule has 1 aromatic carbocycles. The summed E-state index contributed by atoms with van der Waals surface area (Å²) in [7, 11) is 0. The van der Waals surface area contributed by atoms with E-state index in [1.165, 1.54) is 18.2 Å². The molecule has 4 rings (SSSR count). The molecular formula is C20H21F2N3O. The zero-order chi connectivity index (χ0) is 18.1. The van der Waals surface area contributed by atoms with E-state index in [1.54, 1.807) is 4.90 Å². The Hall–Kier alpha value is -2.37. The molecule has 0 spiro atoms. The second kappa shape index (κ2) is 7.09. The minimum absolute atomic E-state index is 0.0947. The van der Waals surface area contributed by atoms with Gasteiger partial charge in [-0.25, -0.2) is 8.78 Å². The Balaban J connectivity index is 1.38. The third-order valence-corrected chi connectivity index (χ3v) is 5.50. The van der Waals surface area contributed by atoms with Gasteiger partial charge in [-0.3, -0.25) is 4.79 Å². The molecule has 0 unspecified atom stereocenters. The van der Waals surface area contributed by atoms with Crippen LogP contribution in [-0.4, -0.2) is 34.1 Å². The number of piperidine rings is 1. The van der Waals surface area contributed by atoms with Gasteiger partial charge in [0.2, 0.25) is 0 Å². The highest BCUT2D eigenvalue weighted by Crippen LogP contribution is 2.26. The summed E-state index contributed by atoms with van der Waals surface area (Å²) < 4.78 is 27.6. The van der Waals surface area contributed by atoms with Gasteiger partial charge in [-0.15, -0.1) is 5.10 Å². The highest BCUT2D eigenvalue weighted by molar-refractivity contribution is 5.92. The second-order valence-corrected chi connectivity index (χ2v) is 7.19. The van der Waals surface area contributed by atoms with Crippen molar-refractivity contribution in [3.05, 3.63) is 58.4 Å². The number of aryl methyl sites for hydroxylation is 2. The van der Waals surface area contributed by atoms with Crippen LogP contribution in [0.2, 0.25) is 0 Å². The van der Waals surface area contributed by atoms with E-state index >= 15 is 0 Å². The van der Waals surface area contributed by atoms with Crippen molar-refractivity contribution in [1.82, 2.24) is 15.1 Å². The van der Waals surface area contributed by atoms with Crippen LogP contribution in [0.25, 0.3) is 0 Å². The van der Waals surface area contributed by atoms with E-state index in [0.29, 0.717) is 25.2 Å². The molecule has 4 nitrogen and oxygen atoms in total. The number of carbonyl (C=O) groups is 1. The van der Waals surface area contributed by atoms with Gasteiger partial charge < -0.3 is 4.90 Å². The summed E-state index contributed by atoms with van der Waals surface area (Å²) in [5, 5.41) is 8.28. The number of likely N-dealkylation sites (tertiary alicyclic amines) is 1. The molecule has 136 valence electrons. The molecule has 2 aromatic rings. The Labute approximate surface area is 151 Å². The molecule has 6 heteroatoms. The van der Waals surface area contributed by atoms with Crippen molar-refractivity contribution in [3.8, 4) is 0 Å². The van der Waals surface area contributed by atoms with Gasteiger partial charge in [0.15, 0.2) is 5.69 Å². The van der Waals surface area contributed by atoms with Crippen molar-refractivity contribution < 1.29 is 13.6 Å². The largest absolute Gasteiger partial charge is 0.337 e. The molecule has 26 heavy (non-hydrogen) atoms. The predicted octanol–water partition coefficient (Wildman–Crippen LogP) is 3.34. The normalized spacial score (nSPS) is 17.4. The van der Waals surface area contributed by atoms with E-state index in [2.05, 4.69) is 10.2 Å². The maximum atomic E-state index is 13.8. The molecule has 0 bridgehead atoms. The number of nitrogens with zero attached hydrogens (tertiary/aromatic N) is 3. The molecule has 0 atom stereocenters. The highest BCUT2D eigenvalue weighted by Gasteiger charge is 2.27. The molecule has 1 fully saturated rings. The lowest BCUT2D eigenvalue weighted by molar-refractivity contribution is 0.0682. The van der Waals surface area contributed by atoms with Crippen molar-refractivity contribution in [2.75, 3.05) is 13.1 Å². The summed E-state index contributed by atoms with van der Waals surface area (Å²) in [6.45, 7) is 1.16. The number of fused-ring (bicyclic) bond motifs is 1. The summed E-state index contributed by atoms with van der Waals surface area (Å²) in [4.78, 5) is 14.5. The first-order chi connectivity index (χ1) is 12.6. The summed E-state index contributed by atoms with van der Waals surface area (Å²) in [5.41, 5.74) is 2.70. The first kappa shape index (κ1) is 17.1. The first-order valence-corrected chi connectivity index (χ1v) is 9.19. The molecule has 0 saturated carbocycles. The fourth-order valence-electron chi connectivity index (χ4n) is 3.95. The molecular weight excluding hydrogens is 336 g/mol. The van der Waals surface area contributed by atoms with Crippen molar-refractivity contribution in [1.29, 1.82) is 0 Å². The first-order valence-electron chi connectivity index (χ1n) is 9.19. The number of carbonyl (C=O) groups excluding carboxylic acids is 1. The third-order valence-electron chi connectivity index (χ3n) is 5.50. The summed E-state index contributed by atoms with van der Waals surface area (Å²) >= 11 is 0. The highest BCUT2D eigenvalue weighted by atomic mass is 19.1. The standard InChI is InChI=1S/C20H21F2N3O/c21-16-4-2-5-17(22)15(16)11-13-7-9-25(10-8-13)20(26)19-12-14-3-1-6-18(14)23-24-19/h2,4-5,12-13H,1,3,6-11H2. The molecule has 2 aliphatic rings. The van der Waals surface area contributed by atoms with Gasteiger partial charge in [0.1, 0.15) is 11.6 Å². The van der Waals surface area contributed by atoms with Crippen LogP contribution in [0.5, 0.6) is 0 Å². The monoisotopic (exact) mass is 357 g/mol. The number of hydrogen-bond acceptors (Lipinski definition) is 3. The minimum Gasteiger partial charge on any atom is -0.337 e. The molecule has 0 N–H and O–H groups in total. The van der Waals surface area contributed by atoms with E-state index in [4.69, 9.17) is 0 Å². The van der Waals surface area contributed by atoms with E-state index in [0.717, 1.165) is 43.4 Å². The average Bonchev–Trinajstić information content (AvgIpc) is 3.12. The molecule has 1 aliphatic carbocycles. The van der Waals surface area contributed by atoms with Gasteiger partial charge in [0.05, 0.1) is 5.69 Å². The second-order valence-electron chi connectivity index (χ2n) is 7.19. The van der Waals surface area contributed by atoms with Gasteiger partial charge in [-0.05, 0) is 68.2 Å². The zero-order valence-electron chi connectivity index (χ0n) is 14.5. The van der Waals surface area contributed by atoms with Crippen LogP contribution in [0.15, 0.2) is 24.3 Å². The van der Waals surface area contributed by atoms with E-state index in [9.17, 15) is 13.6 Å². The van der Waals surface area contributed by atoms with Crippen LogP contribution >= 0.6 is 0 Å². The summed E-state index contributed by atoms with van der Waals surface area (Å²) in [6.07, 6.45) is 4.81. The van der Waals surface area contributed by atoms with Gasteiger partial charge in [-0.2, -0.15) is 5.10 Å². The minimum atomic E-state index is -0.489. The Morgan fingerprint density at radius 1 is 1.12 bits per heavy atom. The average molecular weight is 357 g/mol. The number of halogens is 2. The van der Waals surface area contributed by atoms with Crippen LogP contribution in [0.1, 0.15) is 46.6 Å². The lowest BCUT2D eigenvalue weighted by Gasteiger charge is -2.32. The van der Waals surface area contributed by atoms with Crippen LogP contribution < -0.4 is 0 Å². The Morgan fingerprint density at radius 2 is 1.85 bits per heavy atom. The number of amides is 1. The molecule has 1 saturated heterocycles. The lowest BCUT2D eigenvalue weighted by Crippen LogP contribution is -2.39. The molecule has 0 radical (unpaired) electrons. The smallest absolute Gasteiger partial charge is 0.274 e. The number of aromatic nitrogens is 2. The van der Waals surface area contributed by atoms with Gasteiger partial charge in [0.25, 0.3) is 5.91 Å². The van der Waals surface area contributed by atoms with Crippen LogP contribution in [-0.2, 0) is 19.3 Å². The SMILES string of the molecule is O=C(c1cc2c(nn1)CCC2)N1CCC(Cc2c(F)cccc2F)CC1. The van der Waals surface area contributed by atoms with Crippen LogP contribution in [0, 0.1) is 17.6 Å².